The summed E-state index contributed by atoms with van der Waals surface area (Å²) in [6.07, 6.45) is 4.39. The molecule has 230 valence electrons. The van der Waals surface area contributed by atoms with Crippen LogP contribution in [0.1, 0.15) is 60.2 Å². The third kappa shape index (κ3) is 6.87. The van der Waals surface area contributed by atoms with Crippen molar-refractivity contribution in [1.82, 2.24) is 20.4 Å². The van der Waals surface area contributed by atoms with Crippen molar-refractivity contribution in [2.45, 2.75) is 56.8 Å². The van der Waals surface area contributed by atoms with Crippen LogP contribution >= 0.6 is 12.4 Å². The van der Waals surface area contributed by atoms with Gasteiger partial charge in [0.1, 0.15) is 29.2 Å². The number of furan rings is 1. The Bertz CT molecular complexity index is 1370. The Kier molecular flexibility index (Phi) is 10.5. The van der Waals surface area contributed by atoms with Crippen molar-refractivity contribution < 1.29 is 28.6 Å². The lowest BCUT2D eigenvalue weighted by Gasteiger charge is -2.52. The molecule has 0 unspecified atom stereocenters. The second-order valence-corrected chi connectivity index (χ2v) is 11.0. The number of aliphatic hydroxyl groups excluding tert-OH is 1. The minimum absolute atomic E-state index is 0. The summed E-state index contributed by atoms with van der Waals surface area (Å²) in [6, 6.07) is 15.4. The molecule has 5 rings (SSSR count). The van der Waals surface area contributed by atoms with Gasteiger partial charge in [-0.05, 0) is 67.3 Å². The standard InChI is InChI=1S/C32H38N4O6.ClH/c1-3-4-16-36-30(39)27(28(37)24-13-19-41-21-24)34-31(40)32(36)14-17-35(18-15-32)20-22-5-9-25(10-6-22)42-26-11-7-23(8-12-26)29(38)33-2;/h5-13,19,21,27-28,37H,3-4,14-18,20H2,1-2H3,(H,33,38)(H,34,40);1H/t27-,28-;/m1./s1. The van der Waals surface area contributed by atoms with E-state index in [9.17, 15) is 19.5 Å². The first-order chi connectivity index (χ1) is 20.3. The van der Waals surface area contributed by atoms with E-state index in [0.29, 0.717) is 61.6 Å². The number of carbonyl (C=O) groups is 3. The number of hydrogen-bond acceptors (Lipinski definition) is 7. The molecule has 1 spiro atoms. The van der Waals surface area contributed by atoms with Crippen LogP contribution in [0.5, 0.6) is 11.5 Å². The summed E-state index contributed by atoms with van der Waals surface area (Å²) >= 11 is 0. The van der Waals surface area contributed by atoms with Gasteiger partial charge in [0.2, 0.25) is 11.8 Å². The van der Waals surface area contributed by atoms with Gasteiger partial charge in [-0.3, -0.25) is 19.3 Å². The first-order valence-electron chi connectivity index (χ1n) is 14.5. The highest BCUT2D eigenvalue weighted by Gasteiger charge is 2.54. The molecule has 3 heterocycles. The lowest BCUT2D eigenvalue weighted by atomic mass is 9.80. The van der Waals surface area contributed by atoms with Crippen LogP contribution in [0.3, 0.4) is 0 Å². The summed E-state index contributed by atoms with van der Waals surface area (Å²) in [6.45, 7) is 4.57. The van der Waals surface area contributed by atoms with E-state index in [2.05, 4.69) is 22.5 Å². The number of nitrogens with zero attached hydrogens (tertiary/aromatic N) is 2. The Balaban J connectivity index is 0.00000423. The van der Waals surface area contributed by atoms with E-state index >= 15 is 0 Å². The maximum atomic E-state index is 13.7. The number of carbonyl (C=O) groups excluding carboxylic acids is 3. The Morgan fingerprint density at radius 3 is 2.33 bits per heavy atom. The lowest BCUT2D eigenvalue weighted by molar-refractivity contribution is -0.164. The lowest BCUT2D eigenvalue weighted by Crippen LogP contribution is -2.73. The average molecular weight is 611 g/mol. The minimum atomic E-state index is -1.17. The Morgan fingerprint density at radius 1 is 1.09 bits per heavy atom. The van der Waals surface area contributed by atoms with Gasteiger partial charge in [0.15, 0.2) is 0 Å². The van der Waals surface area contributed by atoms with Gasteiger partial charge in [-0.1, -0.05) is 25.5 Å². The Labute approximate surface area is 257 Å². The van der Waals surface area contributed by atoms with Crippen molar-refractivity contribution in [3.8, 4) is 11.5 Å². The fourth-order valence-corrected chi connectivity index (χ4v) is 5.78. The number of unbranched alkanes of at least 4 members (excludes halogenated alkanes) is 1. The van der Waals surface area contributed by atoms with E-state index in [1.54, 1.807) is 42.3 Å². The van der Waals surface area contributed by atoms with Crippen LogP contribution in [0, 0.1) is 0 Å². The summed E-state index contributed by atoms with van der Waals surface area (Å²) in [7, 11) is 1.60. The number of amides is 3. The first-order valence-corrected chi connectivity index (χ1v) is 14.5. The zero-order chi connectivity index (χ0) is 29.7. The number of piperidine rings is 1. The number of rotatable bonds is 10. The number of nitrogens with one attached hydrogen (secondary N) is 2. The summed E-state index contributed by atoms with van der Waals surface area (Å²) in [5.41, 5.74) is 1.23. The van der Waals surface area contributed by atoms with Crippen LogP contribution in [0.15, 0.2) is 71.5 Å². The minimum Gasteiger partial charge on any atom is -0.472 e. The Morgan fingerprint density at radius 2 is 1.74 bits per heavy atom. The van der Waals surface area contributed by atoms with Gasteiger partial charge in [0, 0.05) is 44.4 Å². The van der Waals surface area contributed by atoms with Gasteiger partial charge in [0.25, 0.3) is 5.91 Å². The number of hydrogen-bond donors (Lipinski definition) is 3. The molecule has 2 atom stereocenters. The molecule has 0 aliphatic carbocycles. The van der Waals surface area contributed by atoms with Crippen LogP contribution in [0.25, 0.3) is 0 Å². The number of benzene rings is 2. The second kappa shape index (κ2) is 14.1. The SMILES string of the molecule is CCCCN1C(=O)[C@@H]([C@H](O)c2ccoc2)NC(=O)C12CCN(Cc1ccc(Oc3ccc(C(=O)NC)cc3)cc1)CC2.Cl. The number of halogens is 1. The fraction of sp³-hybridized carbons (Fsp3) is 0.406. The molecule has 2 aliphatic heterocycles. The molecule has 0 bridgehead atoms. The summed E-state index contributed by atoms with van der Waals surface area (Å²) in [4.78, 5) is 43.0. The molecule has 2 fully saturated rings. The summed E-state index contributed by atoms with van der Waals surface area (Å²) < 4.78 is 11.0. The highest BCUT2D eigenvalue weighted by Crippen LogP contribution is 2.36. The number of aliphatic hydroxyl groups is 1. The topological polar surface area (TPSA) is 124 Å². The van der Waals surface area contributed by atoms with Crippen molar-refractivity contribution in [2.24, 2.45) is 0 Å². The van der Waals surface area contributed by atoms with Crippen molar-refractivity contribution in [1.29, 1.82) is 0 Å². The average Bonchev–Trinajstić information content (AvgIpc) is 3.56. The third-order valence-electron chi connectivity index (χ3n) is 8.29. The molecule has 2 saturated heterocycles. The van der Waals surface area contributed by atoms with E-state index in [4.69, 9.17) is 9.15 Å². The van der Waals surface area contributed by atoms with Crippen molar-refractivity contribution in [3.63, 3.8) is 0 Å². The van der Waals surface area contributed by atoms with Crippen LogP contribution in [-0.2, 0) is 16.1 Å². The molecule has 2 aliphatic rings. The van der Waals surface area contributed by atoms with Gasteiger partial charge in [-0.15, -0.1) is 12.4 Å². The van der Waals surface area contributed by atoms with Crippen LogP contribution in [0.4, 0.5) is 0 Å². The van der Waals surface area contributed by atoms with E-state index in [0.717, 1.165) is 18.4 Å². The van der Waals surface area contributed by atoms with Gasteiger partial charge in [-0.2, -0.15) is 0 Å². The summed E-state index contributed by atoms with van der Waals surface area (Å²) in [5, 5.41) is 16.3. The molecule has 0 radical (unpaired) electrons. The molecule has 11 heteroatoms. The highest BCUT2D eigenvalue weighted by molar-refractivity contribution is 6.00. The number of ether oxygens (including phenoxy) is 1. The maximum Gasteiger partial charge on any atom is 0.251 e. The van der Waals surface area contributed by atoms with Gasteiger partial charge in [0.05, 0.1) is 12.5 Å². The quantitative estimate of drug-likeness (QED) is 0.316. The molecule has 3 N–H and O–H groups in total. The van der Waals surface area contributed by atoms with Crippen LogP contribution in [-0.4, -0.2) is 70.9 Å². The predicted molar refractivity (Wildman–Crippen MR) is 163 cm³/mol. The number of piperazine rings is 1. The smallest absolute Gasteiger partial charge is 0.251 e. The van der Waals surface area contributed by atoms with E-state index in [-0.39, 0.29) is 30.1 Å². The van der Waals surface area contributed by atoms with Crippen molar-refractivity contribution in [3.05, 3.63) is 83.8 Å². The number of likely N-dealkylation sites (tertiary alicyclic amines) is 1. The van der Waals surface area contributed by atoms with E-state index in [1.165, 1.54) is 12.5 Å². The molecular formula is C32H39ClN4O6. The molecule has 0 saturated carbocycles. The molecule has 1 aromatic heterocycles. The van der Waals surface area contributed by atoms with Crippen LogP contribution in [0.2, 0.25) is 0 Å². The first kappa shape index (κ1) is 32.1. The van der Waals surface area contributed by atoms with Crippen molar-refractivity contribution in [2.75, 3.05) is 26.7 Å². The molecule has 3 aromatic rings. The largest absolute Gasteiger partial charge is 0.472 e. The van der Waals surface area contributed by atoms with E-state index < -0.39 is 17.7 Å². The molecule has 10 nitrogen and oxygen atoms in total. The van der Waals surface area contributed by atoms with Gasteiger partial charge >= 0.3 is 0 Å². The molecule has 2 aromatic carbocycles. The van der Waals surface area contributed by atoms with Crippen LogP contribution < -0.4 is 15.4 Å². The van der Waals surface area contributed by atoms with Gasteiger partial charge < -0.3 is 29.8 Å². The van der Waals surface area contributed by atoms with Gasteiger partial charge in [-0.25, -0.2) is 0 Å². The molecular weight excluding hydrogens is 572 g/mol. The highest BCUT2D eigenvalue weighted by atomic mass is 35.5. The van der Waals surface area contributed by atoms with Crippen molar-refractivity contribution >= 4 is 30.1 Å². The zero-order valence-electron chi connectivity index (χ0n) is 24.5. The summed E-state index contributed by atoms with van der Waals surface area (Å²) in [5.74, 6) is 0.746. The fourth-order valence-electron chi connectivity index (χ4n) is 5.78. The molecule has 43 heavy (non-hydrogen) atoms. The molecule has 3 amide bonds. The Hall–Kier alpha value is -3.86. The normalized spacial score (nSPS) is 19.0. The van der Waals surface area contributed by atoms with E-state index in [1.807, 2.05) is 24.3 Å². The zero-order valence-corrected chi connectivity index (χ0v) is 25.3. The maximum absolute atomic E-state index is 13.7. The monoisotopic (exact) mass is 610 g/mol. The third-order valence-corrected chi connectivity index (χ3v) is 8.29. The predicted octanol–water partition coefficient (Wildman–Crippen LogP) is 4.05. The second-order valence-electron chi connectivity index (χ2n) is 11.0.